The predicted octanol–water partition coefficient (Wildman–Crippen LogP) is 2.03. The topological polar surface area (TPSA) is 79.3 Å². The first-order valence-electron chi connectivity index (χ1n) is 6.24. The summed E-state index contributed by atoms with van der Waals surface area (Å²) in [5, 5.41) is 11.2. The van der Waals surface area contributed by atoms with E-state index in [2.05, 4.69) is 10.3 Å². The van der Waals surface area contributed by atoms with Crippen LogP contribution in [0.25, 0.3) is 0 Å². The van der Waals surface area contributed by atoms with Crippen LogP contribution in [0.15, 0.2) is 42.6 Å². The van der Waals surface area contributed by atoms with Gasteiger partial charge in [-0.05, 0) is 23.8 Å². The highest BCUT2D eigenvalue weighted by Gasteiger charge is 2.08. The second-order valence-electron chi connectivity index (χ2n) is 4.43. The summed E-state index contributed by atoms with van der Waals surface area (Å²) in [6.07, 6.45) is 1.12. The van der Waals surface area contributed by atoms with Gasteiger partial charge in [0.15, 0.2) is 0 Å². The van der Waals surface area contributed by atoms with Crippen LogP contribution in [-0.4, -0.2) is 22.0 Å². The average Bonchev–Trinajstić information content (AvgIpc) is 2.43. The van der Waals surface area contributed by atoms with Crippen LogP contribution in [0.4, 0.5) is 10.1 Å². The molecule has 1 aromatic carbocycles. The minimum Gasteiger partial charge on any atom is -0.481 e. The number of anilines is 1. The molecule has 0 aliphatic carbocycles. The van der Waals surface area contributed by atoms with E-state index in [1.165, 1.54) is 18.3 Å². The Kier molecular flexibility index (Phi) is 4.61. The van der Waals surface area contributed by atoms with Gasteiger partial charge in [0.05, 0.1) is 30.4 Å². The summed E-state index contributed by atoms with van der Waals surface area (Å²) in [4.78, 5) is 26.2. The third-order valence-corrected chi connectivity index (χ3v) is 2.75. The molecule has 6 heteroatoms. The highest BCUT2D eigenvalue weighted by atomic mass is 19.1. The Bertz CT molecular complexity index is 656. The van der Waals surface area contributed by atoms with Crippen molar-refractivity contribution in [1.29, 1.82) is 0 Å². The maximum Gasteiger partial charge on any atom is 0.309 e. The van der Waals surface area contributed by atoms with Crippen LogP contribution in [0.2, 0.25) is 0 Å². The largest absolute Gasteiger partial charge is 0.481 e. The lowest BCUT2D eigenvalue weighted by Crippen LogP contribution is -2.15. The smallest absolute Gasteiger partial charge is 0.309 e. The molecule has 0 aliphatic heterocycles. The molecule has 0 spiro atoms. The van der Waals surface area contributed by atoms with E-state index in [0.29, 0.717) is 16.9 Å². The number of nitrogens with zero attached hydrogens (tertiary/aromatic N) is 1. The lowest BCUT2D eigenvalue weighted by atomic mass is 10.1. The minimum absolute atomic E-state index is 0.0798. The Morgan fingerprint density at radius 1 is 1.14 bits per heavy atom. The normalized spacial score (nSPS) is 10.1. The molecular formula is C15H13FN2O3. The molecule has 108 valence electrons. The fourth-order valence-corrected chi connectivity index (χ4v) is 1.78. The number of amides is 1. The number of carbonyl (C=O) groups excluding carboxylic acids is 1. The first kappa shape index (κ1) is 14.6. The molecule has 1 amide bonds. The maximum atomic E-state index is 13.4. The van der Waals surface area contributed by atoms with Gasteiger partial charge in [0.25, 0.3) is 0 Å². The number of rotatable bonds is 5. The third-order valence-electron chi connectivity index (χ3n) is 2.75. The van der Waals surface area contributed by atoms with E-state index in [1.807, 2.05) is 0 Å². The summed E-state index contributed by atoms with van der Waals surface area (Å²) in [5.41, 5.74) is 1.14. The Morgan fingerprint density at radius 2 is 1.90 bits per heavy atom. The van der Waals surface area contributed by atoms with Crippen LogP contribution in [0, 0.1) is 5.82 Å². The van der Waals surface area contributed by atoms with Crippen molar-refractivity contribution in [3.8, 4) is 0 Å². The summed E-state index contributed by atoms with van der Waals surface area (Å²) < 4.78 is 13.4. The molecule has 0 bridgehead atoms. The zero-order valence-corrected chi connectivity index (χ0v) is 11.0. The Morgan fingerprint density at radius 3 is 2.52 bits per heavy atom. The molecule has 0 saturated heterocycles. The van der Waals surface area contributed by atoms with Crippen LogP contribution in [0.3, 0.4) is 0 Å². The Labute approximate surface area is 120 Å². The molecule has 2 rings (SSSR count). The standard InChI is InChI=1S/C15H13FN2O3/c16-13-4-2-1-3-10(13)7-14(19)18-12-6-5-11(17-9-12)8-15(20)21/h1-6,9H,7-8H2,(H,18,19)(H,20,21). The fraction of sp³-hybridized carbons (Fsp3) is 0.133. The fourth-order valence-electron chi connectivity index (χ4n) is 1.78. The number of aliphatic carboxylic acids is 1. The van der Waals surface area contributed by atoms with E-state index in [9.17, 15) is 14.0 Å². The monoisotopic (exact) mass is 288 g/mol. The Hall–Kier alpha value is -2.76. The zero-order valence-electron chi connectivity index (χ0n) is 11.0. The number of benzene rings is 1. The number of carbonyl (C=O) groups is 2. The lowest BCUT2D eigenvalue weighted by Gasteiger charge is -2.06. The third kappa shape index (κ3) is 4.38. The van der Waals surface area contributed by atoms with Crippen LogP contribution in [0.5, 0.6) is 0 Å². The van der Waals surface area contributed by atoms with E-state index in [1.54, 1.807) is 24.3 Å². The van der Waals surface area contributed by atoms with Gasteiger partial charge in [-0.3, -0.25) is 14.6 Å². The molecule has 0 unspecified atom stereocenters. The van der Waals surface area contributed by atoms with Gasteiger partial charge in [-0.1, -0.05) is 18.2 Å². The first-order valence-corrected chi connectivity index (χ1v) is 6.24. The van der Waals surface area contributed by atoms with Gasteiger partial charge in [-0.25, -0.2) is 4.39 Å². The predicted molar refractivity (Wildman–Crippen MR) is 74.3 cm³/mol. The molecule has 1 aromatic heterocycles. The van der Waals surface area contributed by atoms with E-state index in [4.69, 9.17) is 5.11 Å². The summed E-state index contributed by atoms with van der Waals surface area (Å²) in [7, 11) is 0. The highest BCUT2D eigenvalue weighted by molar-refractivity contribution is 5.92. The molecule has 0 saturated carbocycles. The summed E-state index contributed by atoms with van der Waals surface area (Å²) >= 11 is 0. The molecule has 0 atom stereocenters. The number of carboxylic acids is 1. The van der Waals surface area contributed by atoms with Crippen LogP contribution < -0.4 is 5.32 Å². The second-order valence-corrected chi connectivity index (χ2v) is 4.43. The molecule has 0 radical (unpaired) electrons. The van der Waals surface area contributed by atoms with Crippen molar-refractivity contribution >= 4 is 17.6 Å². The molecule has 2 N–H and O–H groups in total. The molecule has 0 aliphatic rings. The quantitative estimate of drug-likeness (QED) is 0.882. The van der Waals surface area contributed by atoms with Gasteiger partial charge in [0, 0.05) is 0 Å². The van der Waals surface area contributed by atoms with Crippen LogP contribution in [0.1, 0.15) is 11.3 Å². The number of hydrogen-bond acceptors (Lipinski definition) is 3. The number of nitrogens with one attached hydrogen (secondary N) is 1. The lowest BCUT2D eigenvalue weighted by molar-refractivity contribution is -0.136. The number of aromatic nitrogens is 1. The van der Waals surface area contributed by atoms with Crippen LogP contribution in [-0.2, 0) is 22.4 Å². The van der Waals surface area contributed by atoms with Crippen molar-refractivity contribution in [2.75, 3.05) is 5.32 Å². The number of hydrogen-bond donors (Lipinski definition) is 2. The van der Waals surface area contributed by atoms with Gasteiger partial charge in [0.2, 0.25) is 5.91 Å². The summed E-state index contributed by atoms with van der Waals surface area (Å²) in [6.45, 7) is 0. The van der Waals surface area contributed by atoms with Crippen LogP contribution >= 0.6 is 0 Å². The molecule has 2 aromatic rings. The molecule has 5 nitrogen and oxygen atoms in total. The highest BCUT2D eigenvalue weighted by Crippen LogP contribution is 2.10. The zero-order chi connectivity index (χ0) is 15.2. The van der Waals surface area contributed by atoms with Crippen molar-refractivity contribution in [3.63, 3.8) is 0 Å². The minimum atomic E-state index is -0.973. The van der Waals surface area contributed by atoms with Crippen molar-refractivity contribution in [2.45, 2.75) is 12.8 Å². The Balaban J connectivity index is 1.96. The van der Waals surface area contributed by atoms with Crippen molar-refractivity contribution in [2.24, 2.45) is 0 Å². The summed E-state index contributed by atoms with van der Waals surface area (Å²) in [5.74, 6) is -1.77. The second kappa shape index (κ2) is 6.60. The van der Waals surface area contributed by atoms with E-state index >= 15 is 0 Å². The van der Waals surface area contributed by atoms with Gasteiger partial charge >= 0.3 is 5.97 Å². The van der Waals surface area contributed by atoms with Crippen molar-refractivity contribution in [1.82, 2.24) is 4.98 Å². The number of pyridine rings is 1. The van der Waals surface area contributed by atoms with Gasteiger partial charge in [-0.2, -0.15) is 0 Å². The average molecular weight is 288 g/mol. The summed E-state index contributed by atoms with van der Waals surface area (Å²) in [6, 6.07) is 9.14. The SMILES string of the molecule is O=C(O)Cc1ccc(NC(=O)Cc2ccccc2F)cn1. The van der Waals surface area contributed by atoms with Crippen molar-refractivity contribution < 1.29 is 19.1 Å². The van der Waals surface area contributed by atoms with E-state index in [-0.39, 0.29) is 18.7 Å². The molecule has 1 heterocycles. The number of halogens is 1. The molecule has 0 fully saturated rings. The van der Waals surface area contributed by atoms with Gasteiger partial charge < -0.3 is 10.4 Å². The number of carboxylic acid groups (broad SMARTS) is 1. The first-order chi connectivity index (χ1) is 10.0. The maximum absolute atomic E-state index is 13.4. The van der Waals surface area contributed by atoms with E-state index < -0.39 is 11.8 Å². The molecular weight excluding hydrogens is 275 g/mol. The van der Waals surface area contributed by atoms with E-state index in [0.717, 1.165) is 0 Å². The van der Waals surface area contributed by atoms with Gasteiger partial charge in [-0.15, -0.1) is 0 Å². The van der Waals surface area contributed by atoms with Crippen molar-refractivity contribution in [3.05, 3.63) is 59.7 Å². The molecule has 21 heavy (non-hydrogen) atoms. The van der Waals surface area contributed by atoms with Gasteiger partial charge in [0.1, 0.15) is 5.82 Å².